The Kier molecular flexibility index (Phi) is 6.55. The number of fused-ring (bicyclic) bond motifs is 1. The van der Waals surface area contributed by atoms with Gasteiger partial charge in [-0.2, -0.15) is 4.80 Å². The van der Waals surface area contributed by atoms with E-state index in [0.717, 1.165) is 0 Å². The van der Waals surface area contributed by atoms with Crippen molar-refractivity contribution in [2.24, 2.45) is 0 Å². The Morgan fingerprint density at radius 1 is 1.16 bits per heavy atom. The van der Waals surface area contributed by atoms with E-state index >= 15 is 0 Å². The summed E-state index contributed by atoms with van der Waals surface area (Å²) in [5, 5.41) is 20.4. The van der Waals surface area contributed by atoms with Crippen LogP contribution in [-0.4, -0.2) is 39.3 Å². The van der Waals surface area contributed by atoms with Crippen LogP contribution in [0.4, 0.5) is 0 Å². The van der Waals surface area contributed by atoms with Crippen LogP contribution in [0.15, 0.2) is 42.5 Å². The lowest BCUT2D eigenvalue weighted by Crippen LogP contribution is -2.14. The summed E-state index contributed by atoms with van der Waals surface area (Å²) in [7, 11) is 0. The molecule has 0 aliphatic heterocycles. The van der Waals surface area contributed by atoms with Gasteiger partial charge in [-0.15, -0.1) is 10.2 Å². The summed E-state index contributed by atoms with van der Waals surface area (Å²) < 4.78 is 10.9. The number of carbonyl (C=O) groups excluding carboxylic acids is 1. The maximum absolute atomic E-state index is 11.5. The molecule has 0 unspecified atom stereocenters. The second-order valence-electron chi connectivity index (χ2n) is 8.33. The van der Waals surface area contributed by atoms with Crippen LogP contribution in [0.1, 0.15) is 39.7 Å². The van der Waals surface area contributed by atoms with Gasteiger partial charge >= 0.3 is 5.97 Å². The van der Waals surface area contributed by atoms with Crippen molar-refractivity contribution in [2.45, 2.75) is 39.5 Å². The van der Waals surface area contributed by atoms with Crippen LogP contribution in [0.2, 0.25) is 5.02 Å². The number of hydrogen-bond acceptors (Lipinski definition) is 6. The first kappa shape index (κ1) is 22.6. The largest absolute Gasteiger partial charge is 0.504 e. The number of hydrogen-bond donors (Lipinski definition) is 1. The maximum atomic E-state index is 11.5. The summed E-state index contributed by atoms with van der Waals surface area (Å²) >= 11 is 6.06. The summed E-state index contributed by atoms with van der Waals surface area (Å²) in [5.41, 5.74) is 2.73. The van der Waals surface area contributed by atoms with E-state index in [9.17, 15) is 9.90 Å². The molecule has 2 aromatic carbocycles. The fourth-order valence-electron chi connectivity index (χ4n) is 2.92. The fraction of sp³-hybridized carbons (Fsp3) is 0.348. The molecule has 0 atom stereocenters. The third-order valence-corrected chi connectivity index (χ3v) is 4.80. The van der Waals surface area contributed by atoms with Crippen molar-refractivity contribution in [3.8, 4) is 17.2 Å². The molecule has 1 aromatic heterocycles. The predicted molar refractivity (Wildman–Crippen MR) is 120 cm³/mol. The second kappa shape index (κ2) is 8.98. The van der Waals surface area contributed by atoms with Gasteiger partial charge in [0.2, 0.25) is 0 Å². The summed E-state index contributed by atoms with van der Waals surface area (Å²) in [6.07, 6.45) is 0.468. The molecular weight excluding hydrogens is 418 g/mol. The van der Waals surface area contributed by atoms with Crippen molar-refractivity contribution >= 4 is 28.6 Å². The Labute approximate surface area is 186 Å². The zero-order valence-electron chi connectivity index (χ0n) is 18.1. The molecule has 3 rings (SSSR count). The van der Waals surface area contributed by atoms with E-state index in [1.54, 1.807) is 31.2 Å². The van der Waals surface area contributed by atoms with Crippen LogP contribution >= 0.6 is 11.6 Å². The van der Waals surface area contributed by atoms with E-state index in [-0.39, 0.29) is 24.4 Å². The first-order valence-corrected chi connectivity index (χ1v) is 10.3. The highest BCUT2D eigenvalue weighted by atomic mass is 35.5. The Bertz CT molecular complexity index is 1130. The highest BCUT2D eigenvalue weighted by Crippen LogP contribution is 2.39. The predicted octanol–water partition coefficient (Wildman–Crippen LogP) is 4.97. The molecule has 8 heteroatoms. The van der Waals surface area contributed by atoms with Crippen molar-refractivity contribution in [1.29, 1.82) is 0 Å². The average Bonchev–Trinajstić information content (AvgIpc) is 3.10. The molecular formula is C23H26ClN3O4. The van der Waals surface area contributed by atoms with Crippen LogP contribution < -0.4 is 4.74 Å². The van der Waals surface area contributed by atoms with Crippen LogP contribution in [0, 0.1) is 0 Å². The van der Waals surface area contributed by atoms with Gasteiger partial charge in [-0.3, -0.25) is 0 Å². The van der Waals surface area contributed by atoms with Crippen LogP contribution in [0.5, 0.6) is 11.5 Å². The van der Waals surface area contributed by atoms with E-state index in [1.165, 1.54) is 4.80 Å². The normalized spacial score (nSPS) is 11.5. The van der Waals surface area contributed by atoms with Gasteiger partial charge in [0, 0.05) is 28.6 Å². The monoisotopic (exact) mass is 443 g/mol. The molecule has 1 N–H and O–H groups in total. The van der Waals surface area contributed by atoms with Crippen molar-refractivity contribution in [1.82, 2.24) is 15.0 Å². The number of ether oxygens (including phenoxy) is 2. The number of phenols is 1. The molecule has 7 nitrogen and oxygen atoms in total. The number of halogens is 1. The first-order valence-electron chi connectivity index (χ1n) is 9.92. The number of rotatable bonds is 7. The minimum atomic E-state index is -0.434. The van der Waals surface area contributed by atoms with Gasteiger partial charge in [-0.05, 0) is 36.6 Å². The van der Waals surface area contributed by atoms with E-state index < -0.39 is 5.97 Å². The van der Waals surface area contributed by atoms with Gasteiger partial charge < -0.3 is 14.6 Å². The number of phenolic OH excluding ortho intramolecular Hbond substituents is 1. The fourth-order valence-corrected chi connectivity index (χ4v) is 3.09. The van der Waals surface area contributed by atoms with Gasteiger partial charge in [0.25, 0.3) is 0 Å². The molecule has 0 bridgehead atoms. The lowest BCUT2D eigenvalue weighted by atomic mass is 9.86. The smallest absolute Gasteiger partial charge is 0.333 e. The summed E-state index contributed by atoms with van der Waals surface area (Å²) in [4.78, 5) is 13.0. The van der Waals surface area contributed by atoms with E-state index in [0.29, 0.717) is 45.1 Å². The number of aromatic hydroxyl groups is 1. The molecule has 31 heavy (non-hydrogen) atoms. The quantitative estimate of drug-likeness (QED) is 0.315. The van der Waals surface area contributed by atoms with Gasteiger partial charge in [0.15, 0.2) is 11.5 Å². The van der Waals surface area contributed by atoms with Crippen molar-refractivity contribution in [3.05, 3.63) is 53.1 Å². The third kappa shape index (κ3) is 5.35. The SMILES string of the molecule is C=C(C)C(=O)OCCCOc1cc(-n2nc3ccc(Cl)cc3n2)cc(C(C)(C)C)c1O. The van der Waals surface area contributed by atoms with Crippen LogP contribution in [-0.2, 0) is 14.9 Å². The minimum Gasteiger partial charge on any atom is -0.504 e. The minimum absolute atomic E-state index is 0.0648. The number of benzene rings is 2. The van der Waals surface area contributed by atoms with Crippen molar-refractivity contribution < 1.29 is 19.4 Å². The van der Waals surface area contributed by atoms with E-state index in [4.69, 9.17) is 21.1 Å². The average molecular weight is 444 g/mol. The second-order valence-corrected chi connectivity index (χ2v) is 8.77. The van der Waals surface area contributed by atoms with Gasteiger partial charge in [0.05, 0.1) is 18.9 Å². The summed E-state index contributed by atoms with van der Waals surface area (Å²) in [6.45, 7) is 11.6. The van der Waals surface area contributed by atoms with Crippen molar-refractivity contribution in [2.75, 3.05) is 13.2 Å². The molecule has 1 heterocycles. The third-order valence-electron chi connectivity index (χ3n) is 4.57. The van der Waals surface area contributed by atoms with Gasteiger partial charge in [0.1, 0.15) is 11.0 Å². The number of carbonyl (C=O) groups is 1. The van der Waals surface area contributed by atoms with Gasteiger partial charge in [-0.25, -0.2) is 4.79 Å². The zero-order chi connectivity index (χ0) is 22.8. The standard InChI is InChI=1S/C23H26ClN3O4/c1-14(2)22(29)31-10-6-9-30-20-13-16(12-17(21(20)28)23(3,4)5)27-25-18-8-7-15(24)11-19(18)26-27/h7-8,11-13,28H,1,6,9-10H2,2-5H3. The number of esters is 1. The highest BCUT2D eigenvalue weighted by Gasteiger charge is 2.23. The zero-order valence-corrected chi connectivity index (χ0v) is 18.9. The van der Waals surface area contributed by atoms with Gasteiger partial charge in [-0.1, -0.05) is 39.0 Å². The Morgan fingerprint density at radius 3 is 2.55 bits per heavy atom. The lowest BCUT2D eigenvalue weighted by molar-refractivity contribution is -0.139. The summed E-state index contributed by atoms with van der Waals surface area (Å²) in [6, 6.07) is 8.84. The Morgan fingerprint density at radius 2 is 1.87 bits per heavy atom. The highest BCUT2D eigenvalue weighted by molar-refractivity contribution is 6.31. The maximum Gasteiger partial charge on any atom is 0.333 e. The molecule has 0 amide bonds. The number of aromatic nitrogens is 3. The van der Waals surface area contributed by atoms with E-state index in [2.05, 4.69) is 16.8 Å². The molecule has 164 valence electrons. The molecule has 0 saturated heterocycles. The molecule has 3 aromatic rings. The molecule has 0 fully saturated rings. The Hall–Kier alpha value is -3.06. The van der Waals surface area contributed by atoms with Crippen LogP contribution in [0.25, 0.3) is 16.7 Å². The van der Waals surface area contributed by atoms with Crippen molar-refractivity contribution in [3.63, 3.8) is 0 Å². The lowest BCUT2D eigenvalue weighted by Gasteiger charge is -2.23. The summed E-state index contributed by atoms with van der Waals surface area (Å²) in [5.74, 6) is -0.0558. The molecule has 0 spiro atoms. The molecule has 0 radical (unpaired) electrons. The molecule has 0 aliphatic rings. The van der Waals surface area contributed by atoms with E-state index in [1.807, 2.05) is 26.8 Å². The topological polar surface area (TPSA) is 86.5 Å². The number of nitrogens with zero attached hydrogens (tertiary/aromatic N) is 3. The molecule has 0 saturated carbocycles. The molecule has 0 aliphatic carbocycles. The van der Waals surface area contributed by atoms with Crippen LogP contribution in [0.3, 0.4) is 0 Å². The Balaban J connectivity index is 1.86. The first-order chi connectivity index (χ1) is 14.6.